The molecular formula is C15H18N2O4. The van der Waals surface area contributed by atoms with Crippen LogP contribution in [0.2, 0.25) is 0 Å². The number of nitrogens with one attached hydrogen (secondary N) is 1. The van der Waals surface area contributed by atoms with E-state index in [2.05, 4.69) is 5.32 Å². The number of hydrogen-bond donors (Lipinski definition) is 2. The summed E-state index contributed by atoms with van der Waals surface area (Å²) in [5, 5.41) is 11.5. The molecule has 0 aliphatic carbocycles. The van der Waals surface area contributed by atoms with E-state index in [9.17, 15) is 14.4 Å². The van der Waals surface area contributed by atoms with Crippen molar-refractivity contribution in [2.75, 3.05) is 13.1 Å². The summed E-state index contributed by atoms with van der Waals surface area (Å²) in [7, 11) is 0. The molecule has 21 heavy (non-hydrogen) atoms. The van der Waals surface area contributed by atoms with Crippen LogP contribution in [-0.4, -0.2) is 46.9 Å². The molecule has 0 spiro atoms. The Morgan fingerprint density at radius 1 is 1.33 bits per heavy atom. The fourth-order valence-electron chi connectivity index (χ4n) is 2.33. The topological polar surface area (TPSA) is 86.7 Å². The molecular weight excluding hydrogens is 272 g/mol. The molecule has 1 atom stereocenters. The van der Waals surface area contributed by atoms with Crippen LogP contribution >= 0.6 is 0 Å². The normalized spacial score (nSPS) is 18.2. The van der Waals surface area contributed by atoms with E-state index in [0.717, 1.165) is 5.56 Å². The number of amides is 2. The van der Waals surface area contributed by atoms with Crippen LogP contribution in [0.1, 0.15) is 29.3 Å². The molecule has 0 saturated carbocycles. The molecule has 0 bridgehead atoms. The van der Waals surface area contributed by atoms with Gasteiger partial charge in [0.2, 0.25) is 11.8 Å². The second-order valence-electron chi connectivity index (χ2n) is 5.06. The zero-order chi connectivity index (χ0) is 15.4. The van der Waals surface area contributed by atoms with E-state index < -0.39 is 12.0 Å². The summed E-state index contributed by atoms with van der Waals surface area (Å²) >= 11 is 0. The minimum atomic E-state index is -0.967. The highest BCUT2D eigenvalue weighted by Gasteiger charge is 2.28. The van der Waals surface area contributed by atoms with Gasteiger partial charge in [0.15, 0.2) is 0 Å². The third kappa shape index (κ3) is 3.59. The Hall–Kier alpha value is -2.37. The number of piperazine rings is 1. The lowest BCUT2D eigenvalue weighted by molar-refractivity contribution is -0.142. The summed E-state index contributed by atoms with van der Waals surface area (Å²) in [5.41, 5.74) is 1.13. The number of hydrogen-bond acceptors (Lipinski definition) is 3. The van der Waals surface area contributed by atoms with Crippen molar-refractivity contribution in [3.05, 3.63) is 35.4 Å². The van der Waals surface area contributed by atoms with Crippen molar-refractivity contribution < 1.29 is 19.5 Å². The lowest BCUT2D eigenvalue weighted by atomic mass is 10.1. The van der Waals surface area contributed by atoms with Gasteiger partial charge in [0.25, 0.3) is 0 Å². The predicted molar refractivity (Wildman–Crippen MR) is 75.9 cm³/mol. The van der Waals surface area contributed by atoms with Crippen LogP contribution in [0.3, 0.4) is 0 Å². The number of rotatable bonds is 4. The SMILES string of the molecule is CC1C(=O)NCCN1C(=O)CCc1ccc(C(=O)O)cc1. The quantitative estimate of drug-likeness (QED) is 0.853. The fourth-order valence-corrected chi connectivity index (χ4v) is 2.33. The maximum absolute atomic E-state index is 12.2. The van der Waals surface area contributed by atoms with E-state index in [0.29, 0.717) is 25.9 Å². The summed E-state index contributed by atoms with van der Waals surface area (Å²) in [5.74, 6) is -1.15. The predicted octanol–water partition coefficient (Wildman–Crippen LogP) is 0.664. The minimum Gasteiger partial charge on any atom is -0.478 e. The highest BCUT2D eigenvalue weighted by molar-refractivity contribution is 5.89. The molecule has 6 heteroatoms. The zero-order valence-electron chi connectivity index (χ0n) is 11.8. The van der Waals surface area contributed by atoms with Gasteiger partial charge in [-0.1, -0.05) is 12.1 Å². The number of benzene rings is 1. The summed E-state index contributed by atoms with van der Waals surface area (Å²) < 4.78 is 0. The Balaban J connectivity index is 1.91. The minimum absolute atomic E-state index is 0.0559. The van der Waals surface area contributed by atoms with Crippen LogP contribution in [0.4, 0.5) is 0 Å². The first-order valence-corrected chi connectivity index (χ1v) is 6.88. The molecule has 0 aromatic heterocycles. The second-order valence-corrected chi connectivity index (χ2v) is 5.06. The van der Waals surface area contributed by atoms with Crippen molar-refractivity contribution in [1.82, 2.24) is 10.2 Å². The molecule has 1 fully saturated rings. The van der Waals surface area contributed by atoms with Crippen molar-refractivity contribution in [2.24, 2.45) is 0 Å². The van der Waals surface area contributed by atoms with E-state index in [1.165, 1.54) is 12.1 Å². The number of carboxylic acids is 1. The van der Waals surface area contributed by atoms with E-state index in [-0.39, 0.29) is 17.4 Å². The molecule has 1 aliphatic heterocycles. The third-order valence-corrected chi connectivity index (χ3v) is 3.65. The van der Waals surface area contributed by atoms with Gasteiger partial charge in [-0.15, -0.1) is 0 Å². The number of nitrogens with zero attached hydrogens (tertiary/aromatic N) is 1. The van der Waals surface area contributed by atoms with Crippen LogP contribution in [0.5, 0.6) is 0 Å². The van der Waals surface area contributed by atoms with E-state index >= 15 is 0 Å². The van der Waals surface area contributed by atoms with E-state index in [4.69, 9.17) is 5.11 Å². The second kappa shape index (κ2) is 6.39. The number of aromatic carboxylic acids is 1. The van der Waals surface area contributed by atoms with Crippen LogP contribution in [0.25, 0.3) is 0 Å². The summed E-state index contributed by atoms with van der Waals surface area (Å²) in [6.45, 7) is 2.74. The molecule has 2 amide bonds. The number of aryl methyl sites for hydroxylation is 1. The Labute approximate surface area is 122 Å². The van der Waals surface area contributed by atoms with Gasteiger partial charge in [0, 0.05) is 19.5 Å². The zero-order valence-corrected chi connectivity index (χ0v) is 11.8. The first-order valence-electron chi connectivity index (χ1n) is 6.88. The van der Waals surface area contributed by atoms with Gasteiger partial charge in [-0.3, -0.25) is 9.59 Å². The molecule has 1 aliphatic rings. The van der Waals surface area contributed by atoms with Crippen molar-refractivity contribution in [3.8, 4) is 0 Å². The maximum atomic E-state index is 12.2. The summed E-state index contributed by atoms with van der Waals surface area (Å²) in [4.78, 5) is 36.0. The Morgan fingerprint density at radius 3 is 2.62 bits per heavy atom. The molecule has 112 valence electrons. The number of carbonyl (C=O) groups is 3. The van der Waals surface area contributed by atoms with Gasteiger partial charge in [-0.25, -0.2) is 4.79 Å². The highest BCUT2D eigenvalue weighted by atomic mass is 16.4. The van der Waals surface area contributed by atoms with Crippen molar-refractivity contribution >= 4 is 17.8 Å². The molecule has 1 heterocycles. The lowest BCUT2D eigenvalue weighted by Gasteiger charge is -2.32. The first-order chi connectivity index (χ1) is 9.99. The maximum Gasteiger partial charge on any atom is 0.335 e. The first kappa shape index (κ1) is 15.0. The standard InChI is InChI=1S/C15H18N2O4/c1-10-14(19)16-8-9-17(10)13(18)7-4-11-2-5-12(6-3-11)15(20)21/h2-3,5-6,10H,4,7-9H2,1H3,(H,16,19)(H,20,21). The molecule has 0 radical (unpaired) electrons. The van der Waals surface area contributed by atoms with E-state index in [1.54, 1.807) is 24.0 Å². The summed E-state index contributed by atoms with van der Waals surface area (Å²) in [6, 6.07) is 6.05. The van der Waals surface area contributed by atoms with Gasteiger partial charge in [-0.2, -0.15) is 0 Å². The largest absolute Gasteiger partial charge is 0.478 e. The van der Waals surface area contributed by atoms with Gasteiger partial charge in [0.1, 0.15) is 6.04 Å². The number of carboxylic acid groups (broad SMARTS) is 1. The highest BCUT2D eigenvalue weighted by Crippen LogP contribution is 2.11. The van der Waals surface area contributed by atoms with Crippen molar-refractivity contribution in [2.45, 2.75) is 25.8 Å². The Bertz CT molecular complexity index is 553. The average molecular weight is 290 g/mol. The molecule has 1 unspecified atom stereocenters. The van der Waals surface area contributed by atoms with E-state index in [1.807, 2.05) is 0 Å². The Morgan fingerprint density at radius 2 is 2.00 bits per heavy atom. The molecule has 2 rings (SSSR count). The van der Waals surface area contributed by atoms with Crippen LogP contribution in [0.15, 0.2) is 24.3 Å². The molecule has 6 nitrogen and oxygen atoms in total. The smallest absolute Gasteiger partial charge is 0.335 e. The molecule has 1 saturated heterocycles. The van der Waals surface area contributed by atoms with Crippen LogP contribution in [0, 0.1) is 0 Å². The van der Waals surface area contributed by atoms with Gasteiger partial charge < -0.3 is 15.3 Å². The monoisotopic (exact) mass is 290 g/mol. The fraction of sp³-hybridized carbons (Fsp3) is 0.400. The van der Waals surface area contributed by atoms with Crippen LogP contribution < -0.4 is 5.32 Å². The third-order valence-electron chi connectivity index (χ3n) is 3.65. The van der Waals surface area contributed by atoms with Crippen molar-refractivity contribution in [1.29, 1.82) is 0 Å². The van der Waals surface area contributed by atoms with Gasteiger partial charge >= 0.3 is 5.97 Å². The molecule has 1 aromatic rings. The Kier molecular flexibility index (Phi) is 4.57. The number of carbonyl (C=O) groups excluding carboxylic acids is 2. The molecule has 1 aromatic carbocycles. The van der Waals surface area contributed by atoms with Crippen molar-refractivity contribution in [3.63, 3.8) is 0 Å². The van der Waals surface area contributed by atoms with Gasteiger partial charge in [-0.05, 0) is 31.0 Å². The van der Waals surface area contributed by atoms with Gasteiger partial charge in [0.05, 0.1) is 5.56 Å². The molecule has 2 N–H and O–H groups in total. The summed E-state index contributed by atoms with van der Waals surface area (Å²) in [6.07, 6.45) is 0.841. The van der Waals surface area contributed by atoms with Crippen LogP contribution in [-0.2, 0) is 16.0 Å². The lowest BCUT2D eigenvalue weighted by Crippen LogP contribution is -2.55. The average Bonchev–Trinajstić information content (AvgIpc) is 2.48.